The summed E-state index contributed by atoms with van der Waals surface area (Å²) < 4.78 is 66.6. The molecule has 1 heterocycles. The van der Waals surface area contributed by atoms with E-state index in [0.29, 0.717) is 23.1 Å². The molecular weight excluding hydrogens is 624 g/mol. The van der Waals surface area contributed by atoms with Gasteiger partial charge in [-0.3, -0.25) is 9.83 Å². The van der Waals surface area contributed by atoms with E-state index in [0.717, 1.165) is 24.3 Å². The zero-order valence-electron chi connectivity index (χ0n) is 21.8. The second kappa shape index (κ2) is 15.4. The maximum Gasteiger partial charge on any atom is 1.00 e. The van der Waals surface area contributed by atoms with Gasteiger partial charge in [-0.15, -0.1) is 10.2 Å². The molecule has 0 aliphatic carbocycles. The van der Waals surface area contributed by atoms with Gasteiger partial charge < -0.3 is 25.6 Å². The Morgan fingerprint density at radius 2 is 1.76 bits per heavy atom. The van der Waals surface area contributed by atoms with Crippen LogP contribution in [-0.2, 0) is 24.3 Å². The number of hydrogen-bond donors (Lipinski definition) is 3. The first-order chi connectivity index (χ1) is 18.9. The molecule has 4 aromatic rings. The normalized spacial score (nSPS) is 11.2. The Morgan fingerprint density at radius 1 is 1.05 bits per heavy atom. The minimum Gasteiger partial charge on any atom is -0.744 e. The first-order valence-corrected chi connectivity index (χ1v) is 12.8. The summed E-state index contributed by atoms with van der Waals surface area (Å²) in [6, 6.07) is 9.62. The molecule has 4 rings (SSSR count). The molecule has 208 valence electrons. The van der Waals surface area contributed by atoms with Crippen LogP contribution in [0, 0.1) is 12.0 Å². The molecule has 0 bridgehead atoms. The van der Waals surface area contributed by atoms with Gasteiger partial charge in [-0.25, -0.2) is 8.42 Å². The van der Waals surface area contributed by atoms with E-state index in [2.05, 4.69) is 40.2 Å². The molecule has 0 atom stereocenters. The van der Waals surface area contributed by atoms with Crippen molar-refractivity contribution < 1.29 is 105 Å². The van der Waals surface area contributed by atoms with Crippen molar-refractivity contribution in [2.75, 3.05) is 10.6 Å². The molecule has 0 fully saturated rings. The molecule has 0 spiro atoms. The zero-order valence-corrected chi connectivity index (χ0v) is 27.4. The van der Waals surface area contributed by atoms with Crippen LogP contribution >= 0.6 is 12.0 Å². The van der Waals surface area contributed by atoms with E-state index in [9.17, 15) is 36.9 Å². The van der Waals surface area contributed by atoms with Crippen LogP contribution in [-0.4, -0.2) is 34.0 Å². The third-order valence-electron chi connectivity index (χ3n) is 4.95. The van der Waals surface area contributed by atoms with Gasteiger partial charge in [0.2, 0.25) is 11.9 Å². The monoisotopic (exact) mass is 638 g/mol. The minimum absolute atomic E-state index is 0. The third kappa shape index (κ3) is 9.09. The van der Waals surface area contributed by atoms with Crippen LogP contribution in [0.2, 0.25) is 0 Å². The number of fused-ring (bicyclic) bond motifs is 1. The summed E-state index contributed by atoms with van der Waals surface area (Å²) in [5.41, 5.74) is -0.435. The van der Waals surface area contributed by atoms with Crippen molar-refractivity contribution in [2.24, 2.45) is 10.2 Å². The standard InChI is InChI=1S/C22H16F2N6O8S2.2Na/c1-10(31)25-12-2-4-14-11(6-12)7-16(39-38-37-33)20(21(14)32)30-29-15-8-13(3-5-17(15)40(34,35)36)26-19-9-18(23)27-22(24)28-19;;/h2-9,32-33H,1H3,(H,25,31)(H,26,27,28)(H,34,35,36);;/q;2*+1/p-2. The number of azo groups is 1. The van der Waals surface area contributed by atoms with Crippen molar-refractivity contribution in [1.82, 2.24) is 9.97 Å². The van der Waals surface area contributed by atoms with Gasteiger partial charge in [-0.1, -0.05) is 0 Å². The molecule has 1 aromatic heterocycles. The molecule has 1 amide bonds. The van der Waals surface area contributed by atoms with E-state index >= 15 is 0 Å². The maximum atomic E-state index is 13.4. The fourth-order valence-corrected chi connectivity index (χ4v) is 4.52. The van der Waals surface area contributed by atoms with Crippen LogP contribution in [0.4, 0.5) is 37.3 Å². The Balaban J connectivity index is 0.00000308. The van der Waals surface area contributed by atoms with Crippen LogP contribution in [0.15, 0.2) is 68.6 Å². The quantitative estimate of drug-likeness (QED) is 0.0263. The predicted octanol–water partition coefficient (Wildman–Crippen LogP) is -2.13. The van der Waals surface area contributed by atoms with Gasteiger partial charge >= 0.3 is 65.2 Å². The molecule has 0 aliphatic rings. The van der Waals surface area contributed by atoms with Crippen LogP contribution in [0.25, 0.3) is 10.8 Å². The predicted molar refractivity (Wildman–Crippen MR) is 132 cm³/mol. The minimum atomic E-state index is -5.09. The number of hydrogen-bond acceptors (Lipinski definition) is 14. The van der Waals surface area contributed by atoms with Crippen molar-refractivity contribution in [3.05, 3.63) is 60.6 Å². The number of aromatic nitrogens is 2. The molecule has 3 aromatic carbocycles. The Morgan fingerprint density at radius 3 is 2.40 bits per heavy atom. The second-order valence-corrected chi connectivity index (χ2v) is 9.81. The Bertz CT molecular complexity index is 1750. The molecule has 42 heavy (non-hydrogen) atoms. The Kier molecular flexibility index (Phi) is 13.2. The van der Waals surface area contributed by atoms with Gasteiger partial charge in [0.05, 0.1) is 21.8 Å². The van der Waals surface area contributed by atoms with Crippen LogP contribution in [0.3, 0.4) is 0 Å². The molecule has 0 unspecified atom stereocenters. The maximum absolute atomic E-state index is 13.4. The Hall–Kier alpha value is -2.33. The molecule has 3 N–H and O–H groups in total. The van der Waals surface area contributed by atoms with Crippen molar-refractivity contribution in [2.45, 2.75) is 16.7 Å². The van der Waals surface area contributed by atoms with Crippen molar-refractivity contribution in [3.8, 4) is 5.75 Å². The summed E-state index contributed by atoms with van der Waals surface area (Å²) >= 11 is 0.335. The number of amides is 1. The summed E-state index contributed by atoms with van der Waals surface area (Å²) in [6.45, 7) is 1.30. The van der Waals surface area contributed by atoms with Crippen molar-refractivity contribution in [1.29, 1.82) is 0 Å². The van der Waals surface area contributed by atoms with Gasteiger partial charge in [0.1, 0.15) is 27.3 Å². The average Bonchev–Trinajstić information content (AvgIpc) is 2.85. The molecule has 0 radical (unpaired) electrons. The number of carbonyl (C=O) groups excluding carboxylic acids is 1. The number of nitrogens with one attached hydrogen (secondary N) is 2. The number of anilines is 3. The van der Waals surface area contributed by atoms with Crippen LogP contribution in [0.5, 0.6) is 5.75 Å². The summed E-state index contributed by atoms with van der Waals surface area (Å²) in [7, 11) is -5.09. The average molecular weight is 638 g/mol. The number of phenolic OH excluding ortho intramolecular Hbond substituents is 1. The number of halogens is 2. The first kappa shape index (κ1) is 35.9. The summed E-state index contributed by atoms with van der Waals surface area (Å²) in [5.74, 6) is -2.34. The topological polar surface area (TPSA) is 211 Å². The Labute approximate surface area is 284 Å². The van der Waals surface area contributed by atoms with Gasteiger partial charge in [0, 0.05) is 29.8 Å². The van der Waals surface area contributed by atoms with Gasteiger partial charge in [0.15, 0.2) is 5.75 Å². The van der Waals surface area contributed by atoms with Crippen LogP contribution in [0.1, 0.15) is 6.92 Å². The van der Waals surface area contributed by atoms with Crippen molar-refractivity contribution >= 4 is 67.4 Å². The smallest absolute Gasteiger partial charge is 0.744 e. The van der Waals surface area contributed by atoms with E-state index in [1.165, 1.54) is 31.2 Å². The SMILES string of the molecule is CC(=O)Nc1ccc2c(O)c(N=Nc3cc(Nc4cc(F)nc(F)n4)ccc3S(=O)(=O)[O-])c(SOO[O-])cc2c1.[Na+].[Na+]. The summed E-state index contributed by atoms with van der Waals surface area (Å²) in [6.07, 6.45) is -1.37. The number of rotatable bonds is 9. The first-order valence-electron chi connectivity index (χ1n) is 10.6. The number of carbonyl (C=O) groups is 1. The molecule has 14 nitrogen and oxygen atoms in total. The number of benzene rings is 3. The van der Waals surface area contributed by atoms with E-state index < -0.39 is 38.5 Å². The van der Waals surface area contributed by atoms with E-state index in [4.69, 9.17) is 0 Å². The van der Waals surface area contributed by atoms with Gasteiger partial charge in [-0.05, 0) is 47.9 Å². The molecule has 0 saturated carbocycles. The van der Waals surface area contributed by atoms with Crippen molar-refractivity contribution in [3.63, 3.8) is 0 Å². The third-order valence-corrected chi connectivity index (χ3v) is 6.45. The van der Waals surface area contributed by atoms with E-state index in [-0.39, 0.29) is 92.5 Å². The molecule has 0 saturated heterocycles. The number of nitrogens with zero attached hydrogens (tertiary/aromatic N) is 4. The van der Waals surface area contributed by atoms with E-state index in [1.807, 2.05) is 0 Å². The fraction of sp³-hybridized carbons (Fsp3) is 0.0455. The molecular formula is C22H14F2N6Na2O8S2. The number of aromatic hydroxyl groups is 1. The summed E-state index contributed by atoms with van der Waals surface area (Å²) in [5, 5.41) is 38.0. The zero-order chi connectivity index (χ0) is 29.0. The van der Waals surface area contributed by atoms with E-state index in [1.54, 1.807) is 0 Å². The van der Waals surface area contributed by atoms with Gasteiger partial charge in [-0.2, -0.15) is 23.1 Å². The number of phenols is 1. The molecule has 0 aliphatic heterocycles. The van der Waals surface area contributed by atoms with Crippen LogP contribution < -0.4 is 75.0 Å². The summed E-state index contributed by atoms with van der Waals surface area (Å²) in [4.78, 5) is 16.8. The fourth-order valence-electron chi connectivity index (χ4n) is 3.43. The largest absolute Gasteiger partial charge is 1.00 e. The second-order valence-electron chi connectivity index (χ2n) is 7.72. The van der Waals surface area contributed by atoms with Gasteiger partial charge in [0.25, 0.3) is 0 Å². The molecule has 20 heteroatoms.